The van der Waals surface area contributed by atoms with Gasteiger partial charge in [0.15, 0.2) is 0 Å². The molecule has 1 saturated carbocycles. The van der Waals surface area contributed by atoms with E-state index in [9.17, 15) is 31.9 Å². The van der Waals surface area contributed by atoms with Crippen LogP contribution in [0.15, 0.2) is 34.8 Å². The summed E-state index contributed by atoms with van der Waals surface area (Å²) in [5, 5.41) is 4.93. The van der Waals surface area contributed by atoms with Crippen molar-refractivity contribution in [2.75, 3.05) is 11.9 Å². The Morgan fingerprint density at radius 2 is 1.90 bits per heavy atom. The molecule has 0 aliphatic heterocycles. The molecule has 0 bridgehead atoms. The molecule has 3 amide bonds. The highest BCUT2D eigenvalue weighted by Gasteiger charge is 2.38. The van der Waals surface area contributed by atoms with E-state index < -0.39 is 52.9 Å². The molecule has 0 spiro atoms. The van der Waals surface area contributed by atoms with Gasteiger partial charge in [-0.05, 0) is 73.7 Å². The maximum atomic E-state index is 13.9. The van der Waals surface area contributed by atoms with Crippen molar-refractivity contribution in [2.24, 2.45) is 5.73 Å². The highest BCUT2D eigenvalue weighted by molar-refractivity contribution is 9.10. The molecule has 2 aromatic carbocycles. The molecule has 1 fully saturated rings. The van der Waals surface area contributed by atoms with E-state index >= 15 is 0 Å². The number of alkyl halides is 3. The highest BCUT2D eigenvalue weighted by atomic mass is 79.9. The van der Waals surface area contributed by atoms with Crippen LogP contribution in [0, 0.1) is 5.82 Å². The summed E-state index contributed by atoms with van der Waals surface area (Å²) in [6.07, 6.45) is -3.36. The molecule has 0 aromatic heterocycles. The van der Waals surface area contributed by atoms with Crippen molar-refractivity contribution in [2.45, 2.75) is 63.8 Å². The maximum Gasteiger partial charge on any atom is 0.419 e. The number of ether oxygens (including phenoxy) is 2. The molecule has 212 valence electrons. The Balaban J connectivity index is 1.66. The van der Waals surface area contributed by atoms with Crippen LogP contribution < -0.4 is 21.1 Å². The molecule has 0 saturated heterocycles. The number of hydrogen-bond acceptors (Lipinski definition) is 5. The number of nitrogens with one attached hydrogen (secondary N) is 2. The average molecular weight is 618 g/mol. The monoisotopic (exact) mass is 617 g/mol. The number of amides is 3. The molecule has 8 nitrogen and oxygen atoms in total. The second kappa shape index (κ2) is 12.2. The summed E-state index contributed by atoms with van der Waals surface area (Å²) in [5.41, 5.74) is 3.48. The molecule has 3 rings (SSSR count). The Kier molecular flexibility index (Phi) is 9.47. The van der Waals surface area contributed by atoms with Gasteiger partial charge in [0.05, 0.1) is 33.9 Å². The zero-order valence-electron chi connectivity index (χ0n) is 21.2. The smallest absolute Gasteiger partial charge is 0.419 e. The van der Waals surface area contributed by atoms with Gasteiger partial charge in [0.25, 0.3) is 5.91 Å². The first-order chi connectivity index (χ1) is 18.2. The van der Waals surface area contributed by atoms with Crippen molar-refractivity contribution in [1.29, 1.82) is 0 Å². The van der Waals surface area contributed by atoms with Gasteiger partial charge in [0.1, 0.15) is 17.2 Å². The van der Waals surface area contributed by atoms with Gasteiger partial charge in [-0.2, -0.15) is 13.2 Å². The van der Waals surface area contributed by atoms with Gasteiger partial charge in [0, 0.05) is 12.0 Å². The molecule has 0 heterocycles. The predicted octanol–water partition coefficient (Wildman–Crippen LogP) is 6.23. The lowest BCUT2D eigenvalue weighted by Crippen LogP contribution is -2.42. The summed E-state index contributed by atoms with van der Waals surface area (Å²) in [6, 6.07) is 4.66. The largest absolute Gasteiger partial charge is 0.493 e. The Labute approximate surface area is 230 Å². The lowest BCUT2D eigenvalue weighted by Gasteiger charge is -2.37. The van der Waals surface area contributed by atoms with Gasteiger partial charge < -0.3 is 25.8 Å². The standard InChI is InChI=1S/C26H28BrF4N3O5/c1-14(33-24(37)39-25(2)9-5-10-25)15-6-3-7-17(26(29,30)31)22(15)38-11-4-8-21(35)34-20-13-19(28)18(27)12-16(20)23(32)36/h3,6-7,12-14H,4-5,8-11H2,1-2H3,(H2,32,36)(H,33,37)(H,34,35)/t14-/m1/s1. The molecule has 13 heteroatoms. The SMILES string of the molecule is C[C@@H](NC(=O)OC1(C)CCC1)c1cccc(C(F)(F)F)c1OCCCC(=O)Nc1cc(F)c(Br)cc1C(N)=O. The fourth-order valence-corrected chi connectivity index (χ4v) is 4.38. The van der Waals surface area contributed by atoms with E-state index in [4.69, 9.17) is 15.2 Å². The first-order valence-electron chi connectivity index (χ1n) is 12.1. The van der Waals surface area contributed by atoms with Crippen LogP contribution in [0.2, 0.25) is 0 Å². The average Bonchev–Trinajstić information content (AvgIpc) is 2.81. The Morgan fingerprint density at radius 3 is 2.49 bits per heavy atom. The lowest BCUT2D eigenvalue weighted by atomic mass is 9.82. The first kappa shape index (κ1) is 30.2. The number of benzene rings is 2. The first-order valence-corrected chi connectivity index (χ1v) is 12.9. The van der Waals surface area contributed by atoms with Crippen LogP contribution in [0.4, 0.5) is 28.0 Å². The van der Waals surface area contributed by atoms with Crippen molar-refractivity contribution in [3.05, 3.63) is 57.3 Å². The van der Waals surface area contributed by atoms with E-state index in [0.717, 1.165) is 24.6 Å². The van der Waals surface area contributed by atoms with Gasteiger partial charge in [-0.15, -0.1) is 0 Å². The van der Waals surface area contributed by atoms with Crippen LogP contribution in [0.1, 0.15) is 73.5 Å². The number of carbonyl (C=O) groups is 3. The zero-order valence-corrected chi connectivity index (χ0v) is 22.8. The molecular weight excluding hydrogens is 590 g/mol. The number of carbonyl (C=O) groups excluding carboxylic acids is 3. The van der Waals surface area contributed by atoms with E-state index in [-0.39, 0.29) is 40.7 Å². The van der Waals surface area contributed by atoms with Crippen LogP contribution in [0.3, 0.4) is 0 Å². The molecule has 39 heavy (non-hydrogen) atoms. The second-order valence-corrected chi connectivity index (χ2v) is 10.3. The molecule has 0 radical (unpaired) electrons. The number of rotatable bonds is 10. The Bertz CT molecular complexity index is 1250. The summed E-state index contributed by atoms with van der Waals surface area (Å²) in [6.45, 7) is 3.02. The Hall–Kier alpha value is -3.35. The number of hydrogen-bond donors (Lipinski definition) is 3. The van der Waals surface area contributed by atoms with E-state index in [1.807, 2.05) is 0 Å². The van der Waals surface area contributed by atoms with Crippen LogP contribution in [0.5, 0.6) is 5.75 Å². The predicted molar refractivity (Wildman–Crippen MR) is 138 cm³/mol. The highest BCUT2D eigenvalue weighted by Crippen LogP contribution is 2.40. The van der Waals surface area contributed by atoms with Gasteiger partial charge in [0.2, 0.25) is 5.91 Å². The fraction of sp³-hybridized carbons (Fsp3) is 0.423. The van der Waals surface area contributed by atoms with Crippen LogP contribution in [0.25, 0.3) is 0 Å². The Morgan fingerprint density at radius 1 is 1.21 bits per heavy atom. The topological polar surface area (TPSA) is 120 Å². The van der Waals surface area contributed by atoms with Gasteiger partial charge in [-0.3, -0.25) is 9.59 Å². The summed E-state index contributed by atoms with van der Waals surface area (Å²) in [5.74, 6) is -2.73. The normalized spacial score (nSPS) is 15.1. The lowest BCUT2D eigenvalue weighted by molar-refractivity contribution is -0.139. The van der Waals surface area contributed by atoms with E-state index in [2.05, 4.69) is 26.6 Å². The maximum absolute atomic E-state index is 13.9. The summed E-state index contributed by atoms with van der Waals surface area (Å²) in [7, 11) is 0. The summed E-state index contributed by atoms with van der Waals surface area (Å²) < 4.78 is 66.0. The van der Waals surface area contributed by atoms with Gasteiger partial charge >= 0.3 is 12.3 Å². The third-order valence-electron chi connectivity index (χ3n) is 6.30. The van der Waals surface area contributed by atoms with Gasteiger partial charge in [-0.1, -0.05) is 12.1 Å². The fourth-order valence-electron chi connectivity index (χ4n) is 4.04. The zero-order chi connectivity index (χ0) is 29.0. The third-order valence-corrected chi connectivity index (χ3v) is 6.90. The van der Waals surface area contributed by atoms with Gasteiger partial charge in [-0.25, -0.2) is 9.18 Å². The van der Waals surface area contributed by atoms with Crippen LogP contribution >= 0.6 is 15.9 Å². The molecular formula is C26H28BrF4N3O5. The number of para-hydroxylation sites is 1. The minimum atomic E-state index is -4.74. The molecule has 1 aliphatic rings. The minimum Gasteiger partial charge on any atom is -0.493 e. The number of halogens is 5. The van der Waals surface area contributed by atoms with Crippen molar-refractivity contribution < 1.29 is 41.4 Å². The summed E-state index contributed by atoms with van der Waals surface area (Å²) in [4.78, 5) is 36.3. The molecule has 4 N–H and O–H groups in total. The van der Waals surface area contributed by atoms with Crippen molar-refractivity contribution >= 4 is 39.5 Å². The molecule has 0 unspecified atom stereocenters. The third kappa shape index (κ3) is 7.84. The molecule has 1 atom stereocenters. The van der Waals surface area contributed by atoms with Crippen molar-refractivity contribution in [3.8, 4) is 5.75 Å². The minimum absolute atomic E-state index is 0.00934. The van der Waals surface area contributed by atoms with Crippen LogP contribution in [-0.4, -0.2) is 30.1 Å². The second-order valence-electron chi connectivity index (χ2n) is 9.46. The van der Waals surface area contributed by atoms with Crippen LogP contribution in [-0.2, 0) is 15.7 Å². The van der Waals surface area contributed by atoms with Crippen molar-refractivity contribution in [3.63, 3.8) is 0 Å². The summed E-state index contributed by atoms with van der Waals surface area (Å²) >= 11 is 2.93. The quantitative estimate of drug-likeness (QED) is 0.215. The molecule has 1 aliphatic carbocycles. The number of anilines is 1. The molecule has 2 aromatic rings. The number of alkyl carbamates (subject to hydrolysis) is 1. The van der Waals surface area contributed by atoms with E-state index in [1.54, 1.807) is 6.92 Å². The van der Waals surface area contributed by atoms with E-state index in [0.29, 0.717) is 12.8 Å². The van der Waals surface area contributed by atoms with E-state index in [1.165, 1.54) is 19.1 Å². The number of primary amides is 1. The van der Waals surface area contributed by atoms with Crippen molar-refractivity contribution in [1.82, 2.24) is 5.32 Å². The number of nitrogens with two attached hydrogens (primary N) is 1.